The van der Waals surface area contributed by atoms with E-state index in [0.29, 0.717) is 23.8 Å². The highest BCUT2D eigenvalue weighted by atomic mass is 32.1. The number of carbonyl (C=O) groups excluding carboxylic acids is 1. The van der Waals surface area contributed by atoms with Crippen LogP contribution in [-0.2, 0) is 0 Å². The Morgan fingerprint density at radius 3 is 2.96 bits per heavy atom. The number of rotatable bonds is 3. The monoisotopic (exact) mass is 355 g/mol. The maximum absolute atomic E-state index is 11.6. The van der Waals surface area contributed by atoms with Gasteiger partial charge >= 0.3 is 0 Å². The summed E-state index contributed by atoms with van der Waals surface area (Å²) in [6.45, 7) is 4.64. The van der Waals surface area contributed by atoms with Crippen molar-refractivity contribution in [3.8, 4) is 17.0 Å². The zero-order chi connectivity index (χ0) is 17.6. The molecule has 0 saturated carbocycles. The number of primary amides is 1. The molecule has 1 aliphatic heterocycles. The number of nitrogens with two attached hydrogens (primary N) is 1. The highest BCUT2D eigenvalue weighted by Crippen LogP contribution is 2.44. The minimum Gasteiger partial charge on any atom is -0.492 e. The minimum atomic E-state index is -0.473. The third kappa shape index (κ3) is 2.68. The number of aromatic nitrogens is 4. The third-order valence-corrected chi connectivity index (χ3v) is 5.64. The fourth-order valence-corrected chi connectivity index (χ4v) is 4.03. The summed E-state index contributed by atoms with van der Waals surface area (Å²) < 4.78 is 5.99. The van der Waals surface area contributed by atoms with E-state index >= 15 is 0 Å². The molecular formula is C17H17N5O2S. The van der Waals surface area contributed by atoms with Gasteiger partial charge in [0, 0.05) is 21.9 Å². The molecule has 3 heterocycles. The summed E-state index contributed by atoms with van der Waals surface area (Å²) in [5.74, 6) is 1.17. The maximum atomic E-state index is 11.6. The number of fused-ring (bicyclic) bond motifs is 3. The van der Waals surface area contributed by atoms with E-state index in [-0.39, 0.29) is 5.92 Å². The molecule has 0 fully saturated rings. The van der Waals surface area contributed by atoms with E-state index in [1.165, 1.54) is 6.33 Å². The number of nitrogens with zero attached hydrogens (tertiary/aromatic N) is 3. The van der Waals surface area contributed by atoms with Crippen molar-refractivity contribution in [3.63, 3.8) is 0 Å². The second-order valence-electron chi connectivity index (χ2n) is 6.23. The van der Waals surface area contributed by atoms with Gasteiger partial charge in [-0.25, -0.2) is 9.97 Å². The van der Waals surface area contributed by atoms with Crippen LogP contribution < -0.4 is 10.5 Å². The van der Waals surface area contributed by atoms with Crippen LogP contribution in [0.25, 0.3) is 11.3 Å². The molecule has 8 heteroatoms. The Bertz CT molecular complexity index is 933. The normalized spacial score (nSPS) is 16.0. The quantitative estimate of drug-likeness (QED) is 0.751. The lowest BCUT2D eigenvalue weighted by Crippen LogP contribution is -2.12. The molecule has 4 rings (SSSR count). The molecule has 0 radical (unpaired) electrons. The number of amides is 1. The molecule has 0 bridgehead atoms. The predicted octanol–water partition coefficient (Wildman–Crippen LogP) is 2.67. The standard InChI is InChI=1S/C17H17N5O2S/c1-8(2)17-21-13-10-5-9(15(18)23)3-4-12(10)24-6-11(14(13)25-17)16-19-7-20-22-16/h3-5,7-8,11H,6H2,1-2H3,(H2,18,23)(H,19,20,22). The zero-order valence-electron chi connectivity index (χ0n) is 13.8. The molecule has 0 spiro atoms. The first-order valence-corrected chi connectivity index (χ1v) is 8.79. The lowest BCUT2D eigenvalue weighted by Gasteiger charge is -2.11. The molecule has 1 unspecified atom stereocenters. The van der Waals surface area contributed by atoms with Crippen LogP contribution in [0.2, 0.25) is 0 Å². The van der Waals surface area contributed by atoms with Crippen molar-refractivity contribution in [2.75, 3.05) is 6.61 Å². The second kappa shape index (κ2) is 5.96. The number of thiazole rings is 1. The fraction of sp³-hybridized carbons (Fsp3) is 0.294. The number of ether oxygens (including phenoxy) is 1. The van der Waals surface area contributed by atoms with Crippen LogP contribution in [0.1, 0.15) is 51.8 Å². The molecular weight excluding hydrogens is 338 g/mol. The summed E-state index contributed by atoms with van der Waals surface area (Å²) in [6, 6.07) is 5.20. The number of hydrogen-bond donors (Lipinski definition) is 2. The van der Waals surface area contributed by atoms with Crippen LogP contribution in [0.3, 0.4) is 0 Å². The molecule has 3 aromatic rings. The van der Waals surface area contributed by atoms with Crippen LogP contribution in [0.15, 0.2) is 24.5 Å². The Kier molecular flexibility index (Phi) is 3.76. The molecule has 128 valence electrons. The van der Waals surface area contributed by atoms with Gasteiger partial charge in [0.1, 0.15) is 24.5 Å². The zero-order valence-corrected chi connectivity index (χ0v) is 14.6. The van der Waals surface area contributed by atoms with Crippen LogP contribution >= 0.6 is 11.3 Å². The summed E-state index contributed by atoms with van der Waals surface area (Å²) in [5.41, 5.74) is 7.49. The molecule has 1 atom stereocenters. The van der Waals surface area contributed by atoms with Crippen LogP contribution in [0.5, 0.6) is 5.75 Å². The van der Waals surface area contributed by atoms with E-state index in [4.69, 9.17) is 15.5 Å². The first kappa shape index (κ1) is 15.8. The third-order valence-electron chi connectivity index (χ3n) is 4.17. The molecule has 1 amide bonds. The van der Waals surface area contributed by atoms with Gasteiger partial charge in [-0.1, -0.05) is 13.8 Å². The Labute approximate surface area is 148 Å². The molecule has 7 nitrogen and oxygen atoms in total. The van der Waals surface area contributed by atoms with Crippen molar-refractivity contribution < 1.29 is 9.53 Å². The first-order valence-electron chi connectivity index (χ1n) is 7.97. The molecule has 1 aromatic carbocycles. The molecule has 25 heavy (non-hydrogen) atoms. The lowest BCUT2D eigenvalue weighted by molar-refractivity contribution is 0.100. The molecule has 1 aliphatic rings. The first-order chi connectivity index (χ1) is 12.0. The molecule has 3 N–H and O–H groups in total. The molecule has 2 aromatic heterocycles. The van der Waals surface area contributed by atoms with E-state index in [2.05, 4.69) is 29.0 Å². The van der Waals surface area contributed by atoms with Gasteiger partial charge in [-0.3, -0.25) is 9.89 Å². The van der Waals surface area contributed by atoms with Gasteiger partial charge in [-0.2, -0.15) is 5.10 Å². The van der Waals surface area contributed by atoms with Gasteiger partial charge in [0.15, 0.2) is 0 Å². The average Bonchev–Trinajstić information content (AvgIpc) is 3.23. The lowest BCUT2D eigenvalue weighted by atomic mass is 10.0. The van der Waals surface area contributed by atoms with Crippen LogP contribution in [-0.4, -0.2) is 32.7 Å². The van der Waals surface area contributed by atoms with E-state index in [0.717, 1.165) is 27.0 Å². The SMILES string of the molecule is CC(C)c1nc2c(s1)C(c1ncn[nH]1)COc1ccc(C(N)=O)cc1-2. The van der Waals surface area contributed by atoms with E-state index < -0.39 is 5.91 Å². The summed E-state index contributed by atoms with van der Waals surface area (Å²) >= 11 is 1.65. The minimum absolute atomic E-state index is 0.0908. The summed E-state index contributed by atoms with van der Waals surface area (Å²) in [5, 5.41) is 7.93. The van der Waals surface area contributed by atoms with Crippen molar-refractivity contribution in [2.45, 2.75) is 25.7 Å². The van der Waals surface area contributed by atoms with Gasteiger partial charge in [0.05, 0.1) is 16.6 Å². The van der Waals surface area contributed by atoms with Crippen LogP contribution in [0, 0.1) is 0 Å². The Morgan fingerprint density at radius 1 is 1.44 bits per heavy atom. The van der Waals surface area contributed by atoms with Crippen molar-refractivity contribution in [3.05, 3.63) is 45.8 Å². The number of nitrogens with one attached hydrogen (secondary N) is 1. The van der Waals surface area contributed by atoms with Gasteiger partial charge < -0.3 is 10.5 Å². The van der Waals surface area contributed by atoms with Crippen LogP contribution in [0.4, 0.5) is 0 Å². The Balaban J connectivity index is 1.93. The Hall–Kier alpha value is -2.74. The van der Waals surface area contributed by atoms with E-state index in [9.17, 15) is 4.79 Å². The summed E-state index contributed by atoms with van der Waals surface area (Å²) in [4.78, 5) is 21.8. The van der Waals surface area contributed by atoms with Crippen molar-refractivity contribution in [1.29, 1.82) is 0 Å². The number of benzene rings is 1. The highest BCUT2D eigenvalue weighted by Gasteiger charge is 2.31. The highest BCUT2D eigenvalue weighted by molar-refractivity contribution is 7.12. The largest absolute Gasteiger partial charge is 0.492 e. The number of carbonyl (C=O) groups is 1. The predicted molar refractivity (Wildman–Crippen MR) is 93.9 cm³/mol. The number of hydrogen-bond acceptors (Lipinski definition) is 6. The molecule has 0 aliphatic carbocycles. The number of aromatic amines is 1. The van der Waals surface area contributed by atoms with Gasteiger partial charge in [-0.15, -0.1) is 11.3 Å². The maximum Gasteiger partial charge on any atom is 0.248 e. The topological polar surface area (TPSA) is 107 Å². The van der Waals surface area contributed by atoms with E-state index in [1.54, 1.807) is 29.5 Å². The van der Waals surface area contributed by atoms with Crippen molar-refractivity contribution in [1.82, 2.24) is 20.2 Å². The average molecular weight is 355 g/mol. The van der Waals surface area contributed by atoms with Crippen molar-refractivity contribution >= 4 is 17.2 Å². The Morgan fingerprint density at radius 2 is 2.28 bits per heavy atom. The second-order valence-corrected chi connectivity index (χ2v) is 7.29. The van der Waals surface area contributed by atoms with Crippen molar-refractivity contribution in [2.24, 2.45) is 5.73 Å². The molecule has 0 saturated heterocycles. The summed E-state index contributed by atoms with van der Waals surface area (Å²) in [7, 11) is 0. The van der Waals surface area contributed by atoms with Gasteiger partial charge in [0.2, 0.25) is 5.91 Å². The fourth-order valence-electron chi connectivity index (χ4n) is 2.85. The summed E-state index contributed by atoms with van der Waals surface area (Å²) in [6.07, 6.45) is 1.49. The number of H-pyrrole nitrogens is 1. The smallest absolute Gasteiger partial charge is 0.248 e. The van der Waals surface area contributed by atoms with Gasteiger partial charge in [0.25, 0.3) is 0 Å². The van der Waals surface area contributed by atoms with E-state index in [1.807, 2.05) is 0 Å². The van der Waals surface area contributed by atoms with Gasteiger partial charge in [-0.05, 0) is 18.2 Å².